The summed E-state index contributed by atoms with van der Waals surface area (Å²) in [6.45, 7) is 5.68. The van der Waals surface area contributed by atoms with Gasteiger partial charge in [0, 0.05) is 27.3 Å². The largest absolute Gasteiger partial charge is 0.481 e. The van der Waals surface area contributed by atoms with Crippen molar-refractivity contribution in [1.82, 2.24) is 0 Å². The normalized spacial score (nSPS) is 9.85. The summed E-state index contributed by atoms with van der Waals surface area (Å²) in [6, 6.07) is 20.8. The first-order chi connectivity index (χ1) is 12.1. The molecule has 0 bridgehead atoms. The minimum absolute atomic E-state index is 0. The van der Waals surface area contributed by atoms with E-state index in [4.69, 9.17) is 9.90 Å². The fourth-order valence-electron chi connectivity index (χ4n) is 2.59. The molecule has 0 aliphatic carbocycles. The molecule has 2 aromatic carbocycles. The van der Waals surface area contributed by atoms with E-state index in [9.17, 15) is 0 Å². The smallest absolute Gasteiger partial charge is 0.300 e. The van der Waals surface area contributed by atoms with Gasteiger partial charge in [0.1, 0.15) is 0 Å². The Bertz CT molecular complexity index is 605. The topological polar surface area (TPSA) is 37.3 Å². The zero-order valence-corrected chi connectivity index (χ0v) is 18.4. The Balaban J connectivity index is 0.00000113. The van der Waals surface area contributed by atoms with Crippen molar-refractivity contribution in [3.8, 4) is 11.1 Å². The molecule has 0 atom stereocenters. The van der Waals surface area contributed by atoms with Crippen LogP contribution in [-0.4, -0.2) is 23.4 Å². The third kappa shape index (κ3) is 9.63. The second-order valence-electron chi connectivity index (χ2n) is 6.01. The van der Waals surface area contributed by atoms with Crippen LogP contribution in [0.4, 0.5) is 0 Å². The van der Waals surface area contributed by atoms with E-state index in [-0.39, 0.29) is 28.3 Å². The molecule has 0 saturated heterocycles. The Labute approximate surface area is 173 Å². The second kappa shape index (κ2) is 15.1. The van der Waals surface area contributed by atoms with Gasteiger partial charge in [-0.05, 0) is 25.2 Å². The summed E-state index contributed by atoms with van der Waals surface area (Å²) in [5.74, 6) is -0.833. The summed E-state index contributed by atoms with van der Waals surface area (Å²) in [7, 11) is -0.0320. The molecular weight excluding hydrogens is 434 g/mol. The van der Waals surface area contributed by atoms with Crippen LogP contribution >= 0.6 is 7.92 Å². The monoisotopic (exact) mass is 463 g/mol. The summed E-state index contributed by atoms with van der Waals surface area (Å²) >= 11 is 0. The Morgan fingerprint density at radius 1 is 1.00 bits per heavy atom. The van der Waals surface area contributed by atoms with E-state index in [1.807, 2.05) is 12.1 Å². The molecule has 0 aromatic heterocycles. The number of unbranched alkanes of at least 4 members (excludes halogenated alkanes) is 2. The van der Waals surface area contributed by atoms with Gasteiger partial charge in [0.25, 0.3) is 5.97 Å². The number of rotatable bonds is 8. The van der Waals surface area contributed by atoms with Gasteiger partial charge < -0.3 is 5.11 Å². The number of carbonyl (C=O) groups is 1. The van der Waals surface area contributed by atoms with E-state index in [2.05, 4.69) is 56.3 Å². The number of carboxylic acids is 1. The van der Waals surface area contributed by atoms with Gasteiger partial charge in [-0.25, -0.2) is 0 Å². The molecular formula is C22H30O2PPd-. The minimum Gasteiger partial charge on any atom is -0.481 e. The zero-order valence-electron chi connectivity index (χ0n) is 16.0. The van der Waals surface area contributed by atoms with E-state index in [1.165, 1.54) is 49.1 Å². The molecule has 146 valence electrons. The van der Waals surface area contributed by atoms with Gasteiger partial charge in [-0.2, -0.15) is 0 Å². The van der Waals surface area contributed by atoms with Gasteiger partial charge in [0.15, 0.2) is 0 Å². The molecule has 0 fully saturated rings. The average molecular weight is 464 g/mol. The van der Waals surface area contributed by atoms with Gasteiger partial charge in [0.2, 0.25) is 0 Å². The summed E-state index contributed by atoms with van der Waals surface area (Å²) in [5.41, 5.74) is 2.64. The van der Waals surface area contributed by atoms with E-state index in [0.717, 1.165) is 6.92 Å². The zero-order chi connectivity index (χ0) is 18.5. The van der Waals surface area contributed by atoms with Crippen LogP contribution in [0.3, 0.4) is 0 Å². The molecule has 0 aliphatic heterocycles. The third-order valence-corrected chi connectivity index (χ3v) is 6.59. The van der Waals surface area contributed by atoms with Crippen LogP contribution < -0.4 is 5.30 Å². The first-order valence-electron chi connectivity index (χ1n) is 9.10. The molecule has 2 aromatic rings. The van der Waals surface area contributed by atoms with Crippen LogP contribution in [0, 0.1) is 6.07 Å². The summed E-state index contributed by atoms with van der Waals surface area (Å²) < 4.78 is 0. The van der Waals surface area contributed by atoms with Crippen molar-refractivity contribution in [1.29, 1.82) is 0 Å². The maximum absolute atomic E-state index is 9.00. The number of aliphatic carboxylic acids is 1. The molecule has 0 heterocycles. The fourth-order valence-corrected chi connectivity index (χ4v) is 5.52. The van der Waals surface area contributed by atoms with Crippen LogP contribution in [0.2, 0.25) is 0 Å². The molecule has 2 nitrogen and oxygen atoms in total. The molecule has 0 aliphatic rings. The Kier molecular flexibility index (Phi) is 14.5. The first-order valence-corrected chi connectivity index (χ1v) is 10.8. The maximum Gasteiger partial charge on any atom is 0.300 e. The van der Waals surface area contributed by atoms with Crippen LogP contribution in [-0.2, 0) is 25.2 Å². The molecule has 26 heavy (non-hydrogen) atoms. The Hall–Kier alpha value is -0.998. The standard InChI is InChI=1S/C20H26P.C2H4O2.Pd/c1-3-5-16-21(17-6-4-2)20-15-11-10-14-19(20)18-12-8-7-9-13-18;1-2(3)4;/h7-12,14-15H,3-6,16-17H2,1-2H3;1H3,(H,3,4);/q-1;;. The number of benzene rings is 2. The van der Waals surface area contributed by atoms with Crippen molar-refractivity contribution in [3.63, 3.8) is 0 Å². The van der Waals surface area contributed by atoms with Crippen molar-refractivity contribution < 1.29 is 30.3 Å². The predicted molar refractivity (Wildman–Crippen MR) is 110 cm³/mol. The Morgan fingerprint density at radius 2 is 1.54 bits per heavy atom. The minimum atomic E-state index is -0.833. The van der Waals surface area contributed by atoms with Crippen LogP contribution in [0.1, 0.15) is 46.5 Å². The second-order valence-corrected chi connectivity index (χ2v) is 8.46. The molecule has 4 heteroatoms. The number of hydrogen-bond donors (Lipinski definition) is 1. The average Bonchev–Trinajstić information content (AvgIpc) is 2.62. The van der Waals surface area contributed by atoms with Crippen LogP contribution in [0.25, 0.3) is 11.1 Å². The van der Waals surface area contributed by atoms with E-state index < -0.39 is 5.97 Å². The van der Waals surface area contributed by atoms with Crippen molar-refractivity contribution in [3.05, 3.63) is 54.6 Å². The summed E-state index contributed by atoms with van der Waals surface area (Å²) in [5, 5.41) is 9.00. The van der Waals surface area contributed by atoms with Crippen molar-refractivity contribution in [2.75, 3.05) is 12.3 Å². The third-order valence-electron chi connectivity index (χ3n) is 3.81. The quantitative estimate of drug-likeness (QED) is 0.298. The molecule has 0 radical (unpaired) electrons. The van der Waals surface area contributed by atoms with Crippen molar-refractivity contribution in [2.24, 2.45) is 0 Å². The van der Waals surface area contributed by atoms with Gasteiger partial charge in [-0.1, -0.05) is 69.7 Å². The molecule has 2 rings (SSSR count). The number of carboxylic acid groups (broad SMARTS) is 1. The molecule has 0 unspecified atom stereocenters. The van der Waals surface area contributed by atoms with Crippen molar-refractivity contribution in [2.45, 2.75) is 46.5 Å². The number of hydrogen-bond acceptors (Lipinski definition) is 1. The SMILES string of the molecule is CC(=O)O.CCCCP(CCCC)c1ccccc1-c1[c-]cccc1.[Pd]. The first kappa shape index (κ1) is 25.0. The molecule has 0 saturated carbocycles. The van der Waals surface area contributed by atoms with E-state index in [1.54, 1.807) is 5.30 Å². The van der Waals surface area contributed by atoms with E-state index in [0.29, 0.717) is 0 Å². The van der Waals surface area contributed by atoms with Crippen molar-refractivity contribution >= 4 is 19.2 Å². The van der Waals surface area contributed by atoms with Crippen LogP contribution in [0.15, 0.2) is 48.5 Å². The summed E-state index contributed by atoms with van der Waals surface area (Å²) in [6.07, 6.45) is 8.03. The molecule has 0 amide bonds. The Morgan fingerprint density at radius 3 is 2.04 bits per heavy atom. The van der Waals surface area contributed by atoms with Gasteiger partial charge in [-0.15, -0.1) is 35.9 Å². The molecule has 0 spiro atoms. The summed E-state index contributed by atoms with van der Waals surface area (Å²) in [4.78, 5) is 9.00. The van der Waals surface area contributed by atoms with Gasteiger partial charge in [0.05, 0.1) is 0 Å². The maximum atomic E-state index is 9.00. The van der Waals surface area contributed by atoms with Gasteiger partial charge in [-0.3, -0.25) is 4.79 Å². The fraction of sp³-hybridized carbons (Fsp3) is 0.409. The van der Waals surface area contributed by atoms with Gasteiger partial charge >= 0.3 is 0 Å². The predicted octanol–water partition coefficient (Wildman–Crippen LogP) is 5.95. The van der Waals surface area contributed by atoms with E-state index >= 15 is 0 Å². The van der Waals surface area contributed by atoms with Crippen LogP contribution in [0.5, 0.6) is 0 Å². The molecule has 1 N–H and O–H groups in total.